The molecule has 1 heterocycles. The first-order chi connectivity index (χ1) is 16.5. The Morgan fingerprint density at radius 1 is 0.971 bits per heavy atom. The molecule has 2 aromatic carbocycles. The van der Waals surface area contributed by atoms with Gasteiger partial charge in [0.15, 0.2) is 0 Å². The number of hydrogen-bond donors (Lipinski definition) is 0. The van der Waals surface area contributed by atoms with E-state index in [1.807, 2.05) is 62.4 Å². The molecule has 7 rings (SSSR count). The van der Waals surface area contributed by atoms with Crippen molar-refractivity contribution in [1.82, 2.24) is 4.57 Å². The van der Waals surface area contributed by atoms with E-state index in [9.17, 15) is 9.59 Å². The van der Waals surface area contributed by atoms with Gasteiger partial charge in [0.1, 0.15) is 5.75 Å². The molecule has 5 heteroatoms. The SMILES string of the molecule is CCOC(=O)c1c(C)n(-c2ccccc2)c2ccc(OC(=O)C34CC5CC(CC(C5)C3)C4)cc12. The molecule has 0 radical (unpaired) electrons. The fraction of sp³-hybridized carbons (Fsp3) is 0.448. The van der Waals surface area contributed by atoms with Gasteiger partial charge in [-0.25, -0.2) is 4.79 Å². The summed E-state index contributed by atoms with van der Waals surface area (Å²) in [5, 5.41) is 0.746. The molecule has 3 aromatic rings. The summed E-state index contributed by atoms with van der Waals surface area (Å²) in [6.07, 6.45) is 6.77. The predicted octanol–water partition coefficient (Wildman–Crippen LogP) is 6.24. The van der Waals surface area contributed by atoms with E-state index in [2.05, 4.69) is 4.57 Å². The Morgan fingerprint density at radius 2 is 1.62 bits per heavy atom. The van der Waals surface area contributed by atoms with Crippen LogP contribution in [0.15, 0.2) is 48.5 Å². The first-order valence-electron chi connectivity index (χ1n) is 12.6. The van der Waals surface area contributed by atoms with E-state index < -0.39 is 0 Å². The summed E-state index contributed by atoms with van der Waals surface area (Å²) in [6.45, 7) is 4.04. The summed E-state index contributed by atoms with van der Waals surface area (Å²) in [5.41, 5.74) is 2.87. The van der Waals surface area contributed by atoms with Gasteiger partial charge in [-0.2, -0.15) is 0 Å². The number of aromatic nitrogens is 1. The van der Waals surface area contributed by atoms with Crippen LogP contribution in [-0.2, 0) is 9.53 Å². The summed E-state index contributed by atoms with van der Waals surface area (Å²) >= 11 is 0. The molecule has 0 amide bonds. The maximum Gasteiger partial charge on any atom is 0.340 e. The van der Waals surface area contributed by atoms with Crippen LogP contribution >= 0.6 is 0 Å². The van der Waals surface area contributed by atoms with E-state index in [0.717, 1.165) is 41.5 Å². The summed E-state index contributed by atoms with van der Waals surface area (Å²) in [7, 11) is 0. The molecule has 1 aromatic heterocycles. The van der Waals surface area contributed by atoms with Crippen LogP contribution in [0.25, 0.3) is 16.6 Å². The fourth-order valence-electron chi connectivity index (χ4n) is 7.41. The Bertz CT molecular complexity index is 1240. The number of rotatable bonds is 5. The molecule has 0 atom stereocenters. The van der Waals surface area contributed by atoms with Gasteiger partial charge in [-0.15, -0.1) is 0 Å². The highest BCUT2D eigenvalue weighted by atomic mass is 16.5. The zero-order chi connectivity index (χ0) is 23.4. The number of carbonyl (C=O) groups excluding carboxylic acids is 2. The van der Waals surface area contributed by atoms with Crippen molar-refractivity contribution < 1.29 is 19.1 Å². The van der Waals surface area contributed by atoms with Gasteiger partial charge >= 0.3 is 11.9 Å². The lowest BCUT2D eigenvalue weighted by atomic mass is 9.49. The molecule has 0 N–H and O–H groups in total. The third-order valence-corrected chi connectivity index (χ3v) is 8.35. The molecule has 34 heavy (non-hydrogen) atoms. The van der Waals surface area contributed by atoms with Crippen molar-refractivity contribution in [3.63, 3.8) is 0 Å². The highest BCUT2D eigenvalue weighted by Gasteiger charge is 2.55. The second kappa shape index (κ2) is 8.00. The zero-order valence-electron chi connectivity index (χ0n) is 19.9. The monoisotopic (exact) mass is 457 g/mol. The molecular weight excluding hydrogens is 426 g/mol. The lowest BCUT2D eigenvalue weighted by molar-refractivity contribution is -0.161. The Labute approximate surface area is 200 Å². The van der Waals surface area contributed by atoms with E-state index in [-0.39, 0.29) is 17.4 Å². The van der Waals surface area contributed by atoms with Gasteiger partial charge in [-0.3, -0.25) is 4.79 Å². The summed E-state index contributed by atoms with van der Waals surface area (Å²) in [6, 6.07) is 15.6. The average molecular weight is 458 g/mol. The number of ether oxygens (including phenoxy) is 2. The number of carbonyl (C=O) groups is 2. The van der Waals surface area contributed by atoms with Crippen molar-refractivity contribution in [2.45, 2.75) is 52.4 Å². The van der Waals surface area contributed by atoms with Crippen molar-refractivity contribution >= 4 is 22.8 Å². The van der Waals surface area contributed by atoms with Gasteiger partial charge in [-0.1, -0.05) is 18.2 Å². The molecule has 0 aliphatic heterocycles. The first kappa shape index (κ1) is 21.5. The van der Waals surface area contributed by atoms with Crippen molar-refractivity contribution in [3.8, 4) is 11.4 Å². The maximum absolute atomic E-state index is 13.5. The van der Waals surface area contributed by atoms with E-state index >= 15 is 0 Å². The van der Waals surface area contributed by atoms with Crippen molar-refractivity contribution in [3.05, 3.63) is 59.8 Å². The molecule has 4 fully saturated rings. The topological polar surface area (TPSA) is 57.5 Å². The smallest absolute Gasteiger partial charge is 0.340 e. The van der Waals surface area contributed by atoms with Crippen LogP contribution in [0.2, 0.25) is 0 Å². The predicted molar refractivity (Wildman–Crippen MR) is 130 cm³/mol. The van der Waals surface area contributed by atoms with E-state index in [1.54, 1.807) is 0 Å². The van der Waals surface area contributed by atoms with E-state index in [1.165, 1.54) is 19.3 Å². The number of nitrogens with zero attached hydrogens (tertiary/aromatic N) is 1. The Kier molecular flexibility index (Phi) is 5.05. The van der Waals surface area contributed by atoms with E-state index in [4.69, 9.17) is 9.47 Å². The number of esters is 2. The summed E-state index contributed by atoms with van der Waals surface area (Å²) in [4.78, 5) is 26.4. The van der Waals surface area contributed by atoms with Crippen LogP contribution in [0.3, 0.4) is 0 Å². The van der Waals surface area contributed by atoms with Gasteiger partial charge in [0.05, 0.1) is 23.1 Å². The van der Waals surface area contributed by atoms with Crippen LogP contribution in [0.4, 0.5) is 0 Å². The van der Waals surface area contributed by atoms with Gasteiger partial charge in [0.25, 0.3) is 0 Å². The first-order valence-corrected chi connectivity index (χ1v) is 12.6. The lowest BCUT2D eigenvalue weighted by Crippen LogP contribution is -2.51. The molecular formula is C29H31NO4. The fourth-order valence-corrected chi connectivity index (χ4v) is 7.41. The standard InChI is InChI=1S/C29H31NO4/c1-3-33-27(31)26-18(2)30(22-7-5-4-6-8-22)25-10-9-23(14-24(25)26)34-28(32)29-15-19-11-20(16-29)13-21(12-19)17-29/h4-10,14,19-21H,3,11-13,15-17H2,1-2H3. The molecule has 4 aliphatic rings. The van der Waals surface area contributed by atoms with Gasteiger partial charge in [0, 0.05) is 16.8 Å². The zero-order valence-corrected chi connectivity index (χ0v) is 19.9. The van der Waals surface area contributed by atoms with Gasteiger partial charge < -0.3 is 14.0 Å². The third kappa shape index (κ3) is 3.36. The minimum atomic E-state index is -0.357. The van der Waals surface area contributed by atoms with Crippen LogP contribution in [0.5, 0.6) is 5.75 Å². The number of hydrogen-bond acceptors (Lipinski definition) is 4. The molecule has 5 nitrogen and oxygen atoms in total. The Morgan fingerprint density at radius 3 is 2.24 bits per heavy atom. The second-order valence-corrected chi connectivity index (χ2v) is 10.6. The maximum atomic E-state index is 13.5. The van der Waals surface area contributed by atoms with Crippen molar-refractivity contribution in [1.29, 1.82) is 0 Å². The minimum Gasteiger partial charge on any atom is -0.462 e. The number of benzene rings is 2. The highest BCUT2D eigenvalue weighted by Crippen LogP contribution is 2.60. The largest absolute Gasteiger partial charge is 0.462 e. The molecule has 0 saturated heterocycles. The van der Waals surface area contributed by atoms with E-state index in [0.29, 0.717) is 35.7 Å². The van der Waals surface area contributed by atoms with Crippen molar-refractivity contribution in [2.24, 2.45) is 23.2 Å². The van der Waals surface area contributed by atoms with Crippen LogP contribution in [0.1, 0.15) is 61.5 Å². The molecule has 0 spiro atoms. The number of para-hydroxylation sites is 1. The average Bonchev–Trinajstić information content (AvgIpc) is 3.10. The van der Waals surface area contributed by atoms with Gasteiger partial charge in [0.2, 0.25) is 0 Å². The second-order valence-electron chi connectivity index (χ2n) is 10.6. The molecule has 4 saturated carbocycles. The van der Waals surface area contributed by atoms with Gasteiger partial charge in [-0.05, 0) is 100 Å². The third-order valence-electron chi connectivity index (χ3n) is 8.35. The highest BCUT2D eigenvalue weighted by molar-refractivity contribution is 6.07. The van der Waals surface area contributed by atoms with Crippen LogP contribution < -0.4 is 4.74 Å². The quantitative estimate of drug-likeness (QED) is 0.336. The number of fused-ring (bicyclic) bond motifs is 1. The molecule has 0 unspecified atom stereocenters. The van der Waals surface area contributed by atoms with Crippen molar-refractivity contribution in [2.75, 3.05) is 6.61 Å². The van der Waals surface area contributed by atoms with Crippen LogP contribution in [-0.4, -0.2) is 23.1 Å². The summed E-state index contributed by atoms with van der Waals surface area (Å²) in [5.74, 6) is 2.11. The van der Waals surface area contributed by atoms with Crippen LogP contribution in [0, 0.1) is 30.1 Å². The lowest BCUT2D eigenvalue weighted by Gasteiger charge is -2.55. The Balaban J connectivity index is 1.39. The normalized spacial score (nSPS) is 27.2. The summed E-state index contributed by atoms with van der Waals surface area (Å²) < 4.78 is 13.5. The molecule has 4 aliphatic carbocycles. The Hall–Kier alpha value is -3.08. The minimum absolute atomic E-state index is 0.0807. The molecule has 4 bridgehead atoms. The molecule has 176 valence electrons.